The molecule has 16 heavy (non-hydrogen) atoms. The van der Waals surface area contributed by atoms with Crippen LogP contribution in [0.15, 0.2) is 17.2 Å². The lowest BCUT2D eigenvalue weighted by molar-refractivity contribution is -0.136. The molecule has 6 heteroatoms. The summed E-state index contributed by atoms with van der Waals surface area (Å²) in [6.45, 7) is 0.333. The van der Waals surface area contributed by atoms with Gasteiger partial charge in [0.2, 0.25) is 0 Å². The van der Waals surface area contributed by atoms with Crippen LogP contribution in [0, 0.1) is 0 Å². The van der Waals surface area contributed by atoms with E-state index in [1.807, 2.05) is 0 Å². The van der Waals surface area contributed by atoms with Gasteiger partial charge in [-0.2, -0.15) is 0 Å². The quantitative estimate of drug-likeness (QED) is 0.745. The molecule has 0 spiro atoms. The summed E-state index contributed by atoms with van der Waals surface area (Å²) in [4.78, 5) is 30.4. The smallest absolute Gasteiger partial charge is 0.305 e. The molecule has 2 N–H and O–H groups in total. The number of nitrogens with one attached hydrogen (secondary N) is 1. The van der Waals surface area contributed by atoms with Crippen LogP contribution in [0.1, 0.15) is 19.3 Å². The maximum Gasteiger partial charge on any atom is 0.305 e. The summed E-state index contributed by atoms with van der Waals surface area (Å²) >= 11 is 0. The molecule has 1 fully saturated rings. The van der Waals surface area contributed by atoms with Gasteiger partial charge in [-0.3, -0.25) is 9.59 Å². The Morgan fingerprint density at radius 2 is 2.38 bits per heavy atom. The Hall–Kier alpha value is -1.85. The second kappa shape index (κ2) is 4.34. The maximum absolute atomic E-state index is 11.5. The zero-order valence-electron chi connectivity index (χ0n) is 8.72. The van der Waals surface area contributed by atoms with Gasteiger partial charge >= 0.3 is 5.97 Å². The van der Waals surface area contributed by atoms with Gasteiger partial charge < -0.3 is 15.0 Å². The third-order valence-corrected chi connectivity index (χ3v) is 2.52. The van der Waals surface area contributed by atoms with Gasteiger partial charge in [0.1, 0.15) is 0 Å². The van der Waals surface area contributed by atoms with E-state index >= 15 is 0 Å². The van der Waals surface area contributed by atoms with E-state index in [2.05, 4.69) is 9.97 Å². The first kappa shape index (κ1) is 10.7. The first-order valence-corrected chi connectivity index (χ1v) is 5.20. The molecule has 1 aliphatic carbocycles. The van der Waals surface area contributed by atoms with E-state index < -0.39 is 5.97 Å². The molecular weight excluding hydrogens is 210 g/mol. The van der Waals surface area contributed by atoms with E-state index in [0.29, 0.717) is 12.4 Å². The zero-order valence-corrected chi connectivity index (χ0v) is 8.72. The molecule has 6 nitrogen and oxygen atoms in total. The first-order valence-electron chi connectivity index (χ1n) is 5.20. The fourth-order valence-corrected chi connectivity index (χ4v) is 1.61. The highest BCUT2D eigenvalue weighted by molar-refractivity contribution is 5.67. The van der Waals surface area contributed by atoms with Crippen molar-refractivity contribution in [3.8, 4) is 0 Å². The Morgan fingerprint density at radius 1 is 1.62 bits per heavy atom. The van der Waals surface area contributed by atoms with Crippen LogP contribution in [0.5, 0.6) is 0 Å². The van der Waals surface area contributed by atoms with Gasteiger partial charge in [0.05, 0.1) is 6.42 Å². The minimum absolute atomic E-state index is 0.0204. The SMILES string of the molecule is O=C(O)CCN(c1ncc[nH]c1=O)C1CC1. The number of rotatable bonds is 5. The molecule has 1 aromatic rings. The number of nitrogens with zero attached hydrogens (tertiary/aromatic N) is 2. The molecule has 0 saturated heterocycles. The van der Waals surface area contributed by atoms with Gasteiger partial charge in [0.25, 0.3) is 5.56 Å². The number of aliphatic carboxylic acids is 1. The van der Waals surface area contributed by atoms with Gasteiger partial charge in [-0.05, 0) is 12.8 Å². The van der Waals surface area contributed by atoms with Gasteiger partial charge in [0.15, 0.2) is 5.82 Å². The van der Waals surface area contributed by atoms with Crippen molar-refractivity contribution in [3.63, 3.8) is 0 Å². The molecule has 0 bridgehead atoms. The summed E-state index contributed by atoms with van der Waals surface area (Å²) in [7, 11) is 0. The van der Waals surface area contributed by atoms with Crippen LogP contribution < -0.4 is 10.5 Å². The van der Waals surface area contributed by atoms with E-state index in [1.165, 1.54) is 12.4 Å². The number of anilines is 1. The molecule has 1 aliphatic rings. The molecule has 0 unspecified atom stereocenters. The van der Waals surface area contributed by atoms with Gasteiger partial charge in [-0.1, -0.05) is 0 Å². The van der Waals surface area contributed by atoms with Crippen molar-refractivity contribution >= 4 is 11.8 Å². The number of carboxylic acid groups (broad SMARTS) is 1. The first-order chi connectivity index (χ1) is 7.68. The number of hydrogen-bond donors (Lipinski definition) is 2. The van der Waals surface area contributed by atoms with Crippen LogP contribution in [-0.2, 0) is 4.79 Å². The zero-order chi connectivity index (χ0) is 11.5. The Balaban J connectivity index is 2.16. The molecule has 0 aromatic carbocycles. The highest BCUT2D eigenvalue weighted by atomic mass is 16.4. The van der Waals surface area contributed by atoms with E-state index in [-0.39, 0.29) is 18.0 Å². The summed E-state index contributed by atoms with van der Waals surface area (Å²) in [5.41, 5.74) is -0.264. The minimum atomic E-state index is -0.863. The van der Waals surface area contributed by atoms with E-state index in [0.717, 1.165) is 12.8 Å². The van der Waals surface area contributed by atoms with Crippen molar-refractivity contribution in [1.29, 1.82) is 0 Å². The third-order valence-electron chi connectivity index (χ3n) is 2.52. The van der Waals surface area contributed by atoms with Crippen LogP contribution in [-0.4, -0.2) is 33.6 Å². The number of hydrogen-bond acceptors (Lipinski definition) is 4. The molecule has 1 saturated carbocycles. The normalized spacial score (nSPS) is 14.8. The van der Waals surface area contributed by atoms with Crippen LogP contribution in [0.2, 0.25) is 0 Å². The van der Waals surface area contributed by atoms with Crippen LogP contribution in [0.3, 0.4) is 0 Å². The maximum atomic E-state index is 11.5. The van der Waals surface area contributed by atoms with Crippen molar-refractivity contribution in [2.75, 3.05) is 11.4 Å². The summed E-state index contributed by atoms with van der Waals surface area (Å²) in [6, 6.07) is 0.273. The lowest BCUT2D eigenvalue weighted by Gasteiger charge is -2.21. The lowest BCUT2D eigenvalue weighted by atomic mass is 10.3. The fraction of sp³-hybridized carbons (Fsp3) is 0.500. The fourth-order valence-electron chi connectivity index (χ4n) is 1.61. The molecule has 1 aromatic heterocycles. The topological polar surface area (TPSA) is 86.3 Å². The van der Waals surface area contributed by atoms with Crippen molar-refractivity contribution in [2.45, 2.75) is 25.3 Å². The van der Waals surface area contributed by atoms with Crippen molar-refractivity contribution in [1.82, 2.24) is 9.97 Å². The van der Waals surface area contributed by atoms with Gasteiger partial charge in [-0.15, -0.1) is 0 Å². The molecule has 0 aliphatic heterocycles. The number of H-pyrrole nitrogens is 1. The van der Waals surface area contributed by atoms with E-state index in [1.54, 1.807) is 4.90 Å². The van der Waals surface area contributed by atoms with Crippen molar-refractivity contribution in [3.05, 3.63) is 22.7 Å². The summed E-state index contributed by atoms with van der Waals surface area (Å²) in [5, 5.41) is 8.65. The van der Waals surface area contributed by atoms with Crippen LogP contribution in [0.25, 0.3) is 0 Å². The monoisotopic (exact) mass is 223 g/mol. The second-order valence-electron chi connectivity index (χ2n) is 3.81. The molecule has 86 valence electrons. The largest absolute Gasteiger partial charge is 0.481 e. The molecule has 0 atom stereocenters. The Kier molecular flexibility index (Phi) is 2.89. The van der Waals surface area contributed by atoms with E-state index in [9.17, 15) is 9.59 Å². The summed E-state index contributed by atoms with van der Waals surface area (Å²) in [6.07, 6.45) is 4.98. The molecule has 0 radical (unpaired) electrons. The standard InChI is InChI=1S/C10H13N3O3/c14-8(15)3-6-13(7-1-2-7)9-10(16)12-5-4-11-9/h4-5,7H,1-3,6H2,(H,12,16)(H,14,15). The number of aromatic amines is 1. The summed E-state index contributed by atoms with van der Waals surface area (Å²) in [5.74, 6) is -0.538. The highest BCUT2D eigenvalue weighted by Gasteiger charge is 2.31. The van der Waals surface area contributed by atoms with Gasteiger partial charge in [0, 0.05) is 25.0 Å². The molecule has 0 amide bonds. The molecular formula is C10H13N3O3. The Morgan fingerprint density at radius 3 is 2.94 bits per heavy atom. The van der Waals surface area contributed by atoms with Crippen LogP contribution >= 0.6 is 0 Å². The van der Waals surface area contributed by atoms with Crippen molar-refractivity contribution in [2.24, 2.45) is 0 Å². The Labute approximate surface area is 91.9 Å². The van der Waals surface area contributed by atoms with Gasteiger partial charge in [-0.25, -0.2) is 4.98 Å². The molecule has 1 heterocycles. The van der Waals surface area contributed by atoms with Crippen LogP contribution in [0.4, 0.5) is 5.82 Å². The summed E-state index contributed by atoms with van der Waals surface area (Å²) < 4.78 is 0. The lowest BCUT2D eigenvalue weighted by Crippen LogP contribution is -2.34. The second-order valence-corrected chi connectivity index (χ2v) is 3.81. The minimum Gasteiger partial charge on any atom is -0.481 e. The van der Waals surface area contributed by atoms with Crippen molar-refractivity contribution < 1.29 is 9.90 Å². The highest BCUT2D eigenvalue weighted by Crippen LogP contribution is 2.28. The molecule has 2 rings (SSSR count). The third kappa shape index (κ3) is 2.39. The predicted octanol–water partition coefficient (Wildman–Crippen LogP) is 0.213. The average molecular weight is 223 g/mol. The average Bonchev–Trinajstić information content (AvgIpc) is 3.04. The number of carboxylic acids is 1. The Bertz CT molecular complexity index is 439. The number of aromatic nitrogens is 2. The predicted molar refractivity (Wildman–Crippen MR) is 57.5 cm³/mol. The number of carbonyl (C=O) groups is 1. The van der Waals surface area contributed by atoms with E-state index in [4.69, 9.17) is 5.11 Å².